The topological polar surface area (TPSA) is 54.6 Å². The molecule has 2 aliphatic heterocycles. The van der Waals surface area contributed by atoms with E-state index in [1.165, 1.54) is 0 Å². The molecule has 2 saturated heterocycles. The Bertz CT molecular complexity index is 716. The van der Waals surface area contributed by atoms with Crippen molar-refractivity contribution in [2.75, 3.05) is 26.3 Å². The van der Waals surface area contributed by atoms with Gasteiger partial charge in [0, 0.05) is 30.2 Å². The molecule has 1 aromatic heterocycles. The van der Waals surface area contributed by atoms with Crippen LogP contribution in [0, 0.1) is 5.41 Å². The van der Waals surface area contributed by atoms with Crippen molar-refractivity contribution in [1.82, 2.24) is 9.88 Å². The summed E-state index contributed by atoms with van der Waals surface area (Å²) in [6.07, 6.45) is 1.80. The predicted molar refractivity (Wildman–Crippen MR) is 82.6 cm³/mol. The Morgan fingerprint density at radius 3 is 2.59 bits per heavy atom. The Balaban J connectivity index is 1.48. The molecule has 1 N–H and O–H groups in total. The average Bonchev–Trinajstić information content (AvgIpc) is 2.89. The number of carbonyl (C=O) groups excluding carboxylic acids is 1. The normalized spacial score (nSPS) is 22.7. The van der Waals surface area contributed by atoms with Crippen LogP contribution in [-0.4, -0.2) is 47.9 Å². The van der Waals surface area contributed by atoms with Gasteiger partial charge in [0.2, 0.25) is 0 Å². The van der Waals surface area contributed by atoms with Gasteiger partial charge in [-0.15, -0.1) is 0 Å². The number of likely N-dealkylation sites (tertiary alicyclic amines) is 1. The van der Waals surface area contributed by atoms with Crippen molar-refractivity contribution >= 4 is 16.8 Å². The summed E-state index contributed by atoms with van der Waals surface area (Å²) in [5, 5.41) is 0.978. The van der Waals surface area contributed by atoms with Crippen LogP contribution in [0.2, 0.25) is 0 Å². The molecule has 116 valence electrons. The van der Waals surface area contributed by atoms with E-state index in [1.807, 2.05) is 43.0 Å². The monoisotopic (exact) mass is 300 g/mol. The maximum absolute atomic E-state index is 12.7. The summed E-state index contributed by atoms with van der Waals surface area (Å²) < 4.78 is 11.5. The number of hydrogen-bond donors (Lipinski definition) is 1. The quantitative estimate of drug-likeness (QED) is 0.880. The molecule has 2 fully saturated rings. The molecule has 3 heterocycles. The van der Waals surface area contributed by atoms with Gasteiger partial charge in [0.1, 0.15) is 0 Å². The number of aromatic amines is 1. The number of ether oxygens (including phenoxy) is 2. The summed E-state index contributed by atoms with van der Waals surface area (Å²) in [5.74, 6) is -0.431. The molecular weight excluding hydrogens is 280 g/mol. The summed E-state index contributed by atoms with van der Waals surface area (Å²) in [6, 6.07) is 7.87. The first-order chi connectivity index (χ1) is 10.5. The fourth-order valence-corrected chi connectivity index (χ4v) is 3.25. The Labute approximate surface area is 129 Å². The Hall–Kier alpha value is -1.85. The maximum atomic E-state index is 12.7. The van der Waals surface area contributed by atoms with Gasteiger partial charge in [0.15, 0.2) is 5.79 Å². The molecule has 0 saturated carbocycles. The molecule has 2 aliphatic rings. The number of nitrogens with one attached hydrogen (secondary N) is 1. The van der Waals surface area contributed by atoms with Gasteiger partial charge in [-0.2, -0.15) is 0 Å². The van der Waals surface area contributed by atoms with Crippen LogP contribution in [0.3, 0.4) is 0 Å². The minimum Gasteiger partial charge on any atom is -0.360 e. The molecule has 22 heavy (non-hydrogen) atoms. The summed E-state index contributed by atoms with van der Waals surface area (Å²) in [6.45, 7) is 6.54. The Kier molecular flexibility index (Phi) is 2.86. The largest absolute Gasteiger partial charge is 0.360 e. The second-order valence-electron chi connectivity index (χ2n) is 6.89. The number of H-pyrrole nitrogens is 1. The highest BCUT2D eigenvalue weighted by molar-refractivity contribution is 6.07. The number of para-hydroxylation sites is 1. The zero-order chi connectivity index (χ0) is 15.4. The second kappa shape index (κ2) is 4.57. The first-order valence-electron chi connectivity index (χ1n) is 7.61. The summed E-state index contributed by atoms with van der Waals surface area (Å²) in [4.78, 5) is 17.7. The van der Waals surface area contributed by atoms with Gasteiger partial charge in [0.05, 0.1) is 24.2 Å². The average molecular weight is 300 g/mol. The second-order valence-corrected chi connectivity index (χ2v) is 6.89. The van der Waals surface area contributed by atoms with E-state index in [2.05, 4.69) is 4.98 Å². The van der Waals surface area contributed by atoms with Crippen LogP contribution in [0.15, 0.2) is 30.5 Å². The number of nitrogens with zero attached hydrogens (tertiary/aromatic N) is 1. The smallest absolute Gasteiger partial charge is 0.256 e. The van der Waals surface area contributed by atoms with E-state index in [-0.39, 0.29) is 11.3 Å². The zero-order valence-corrected chi connectivity index (χ0v) is 12.9. The lowest BCUT2D eigenvalue weighted by Crippen LogP contribution is -2.65. The molecule has 1 aromatic carbocycles. The molecule has 5 heteroatoms. The third-order valence-electron chi connectivity index (χ3n) is 4.61. The fraction of sp³-hybridized carbons (Fsp3) is 0.471. The number of aromatic nitrogens is 1. The van der Waals surface area contributed by atoms with Gasteiger partial charge in [0.25, 0.3) is 5.91 Å². The van der Waals surface area contributed by atoms with E-state index < -0.39 is 5.79 Å². The van der Waals surface area contributed by atoms with Crippen LogP contribution in [0.5, 0.6) is 0 Å². The number of rotatable bonds is 1. The summed E-state index contributed by atoms with van der Waals surface area (Å²) in [5.41, 5.74) is 1.70. The molecule has 5 nitrogen and oxygen atoms in total. The van der Waals surface area contributed by atoms with E-state index in [0.717, 1.165) is 16.5 Å². The third-order valence-corrected chi connectivity index (χ3v) is 4.61. The minimum absolute atomic E-state index is 0.0305. The lowest BCUT2D eigenvalue weighted by Gasteiger charge is -2.53. The van der Waals surface area contributed by atoms with Crippen molar-refractivity contribution in [3.8, 4) is 0 Å². The zero-order valence-electron chi connectivity index (χ0n) is 12.9. The van der Waals surface area contributed by atoms with Gasteiger partial charge in [-0.3, -0.25) is 4.79 Å². The van der Waals surface area contributed by atoms with Crippen LogP contribution in [-0.2, 0) is 9.47 Å². The van der Waals surface area contributed by atoms with Crippen LogP contribution >= 0.6 is 0 Å². The number of hydrogen-bond acceptors (Lipinski definition) is 3. The van der Waals surface area contributed by atoms with E-state index in [0.29, 0.717) is 26.3 Å². The van der Waals surface area contributed by atoms with Crippen LogP contribution in [0.4, 0.5) is 0 Å². The molecule has 0 bridgehead atoms. The van der Waals surface area contributed by atoms with Gasteiger partial charge >= 0.3 is 0 Å². The van der Waals surface area contributed by atoms with Crippen molar-refractivity contribution in [2.45, 2.75) is 19.6 Å². The molecule has 4 rings (SSSR count). The van der Waals surface area contributed by atoms with Crippen molar-refractivity contribution in [2.24, 2.45) is 5.41 Å². The van der Waals surface area contributed by atoms with Crippen LogP contribution in [0.25, 0.3) is 10.9 Å². The molecule has 0 unspecified atom stereocenters. The van der Waals surface area contributed by atoms with Crippen molar-refractivity contribution < 1.29 is 14.3 Å². The maximum Gasteiger partial charge on any atom is 0.256 e. The highest BCUT2D eigenvalue weighted by atomic mass is 16.7. The first kappa shape index (κ1) is 13.8. The van der Waals surface area contributed by atoms with E-state index in [4.69, 9.17) is 9.47 Å². The van der Waals surface area contributed by atoms with E-state index in [1.54, 1.807) is 6.20 Å². The molecule has 0 atom stereocenters. The standard InChI is InChI=1S/C17H20N2O3/c1-16(2)21-10-17(11-22-16)8-19(9-17)15(20)13-7-18-14-6-4-3-5-12(13)14/h3-7,18H,8-11H2,1-2H3. The van der Waals surface area contributed by atoms with Crippen molar-refractivity contribution in [1.29, 1.82) is 0 Å². The first-order valence-corrected chi connectivity index (χ1v) is 7.61. The van der Waals surface area contributed by atoms with Crippen LogP contribution < -0.4 is 0 Å². The van der Waals surface area contributed by atoms with Crippen molar-refractivity contribution in [3.05, 3.63) is 36.0 Å². The minimum atomic E-state index is -0.507. The van der Waals surface area contributed by atoms with Gasteiger partial charge in [-0.05, 0) is 19.9 Å². The number of carbonyl (C=O) groups is 1. The summed E-state index contributed by atoms with van der Waals surface area (Å²) >= 11 is 0. The number of amides is 1. The SMILES string of the molecule is CC1(C)OCC2(CO1)CN(C(=O)c1c[nH]c3ccccc13)C2. The third kappa shape index (κ3) is 2.12. The highest BCUT2D eigenvalue weighted by Gasteiger charge is 2.50. The number of benzene rings is 1. The molecule has 1 spiro atoms. The fourth-order valence-electron chi connectivity index (χ4n) is 3.25. The predicted octanol–water partition coefficient (Wildman–Crippen LogP) is 2.39. The lowest BCUT2D eigenvalue weighted by molar-refractivity contribution is -0.301. The van der Waals surface area contributed by atoms with E-state index >= 15 is 0 Å². The van der Waals surface area contributed by atoms with Gasteiger partial charge in [-0.25, -0.2) is 0 Å². The van der Waals surface area contributed by atoms with Crippen LogP contribution in [0.1, 0.15) is 24.2 Å². The molecule has 1 amide bonds. The molecule has 0 radical (unpaired) electrons. The number of fused-ring (bicyclic) bond motifs is 1. The Morgan fingerprint density at radius 1 is 1.18 bits per heavy atom. The van der Waals surface area contributed by atoms with Crippen molar-refractivity contribution in [3.63, 3.8) is 0 Å². The Morgan fingerprint density at radius 2 is 1.86 bits per heavy atom. The molecule has 0 aliphatic carbocycles. The molecular formula is C17H20N2O3. The van der Waals surface area contributed by atoms with E-state index in [9.17, 15) is 4.79 Å². The molecule has 2 aromatic rings. The summed E-state index contributed by atoms with van der Waals surface area (Å²) in [7, 11) is 0. The van der Waals surface area contributed by atoms with Gasteiger partial charge < -0.3 is 19.4 Å². The lowest BCUT2D eigenvalue weighted by atomic mass is 9.80. The highest BCUT2D eigenvalue weighted by Crippen LogP contribution is 2.38. The van der Waals surface area contributed by atoms with Gasteiger partial charge in [-0.1, -0.05) is 18.2 Å².